The van der Waals surface area contributed by atoms with Crippen LogP contribution in [0.15, 0.2) is 271 Å². The summed E-state index contributed by atoms with van der Waals surface area (Å²) in [5, 5.41) is 2.94. The van der Waals surface area contributed by atoms with Crippen molar-refractivity contribution in [3.63, 3.8) is 0 Å². The Morgan fingerprint density at radius 1 is 0.297 bits per heavy atom. The summed E-state index contributed by atoms with van der Waals surface area (Å²) in [6, 6.07) is 14.0. The molecule has 0 N–H and O–H groups in total. The van der Waals surface area contributed by atoms with Crippen molar-refractivity contribution in [1.29, 1.82) is 0 Å². The van der Waals surface area contributed by atoms with Crippen molar-refractivity contribution >= 4 is 106 Å². The van der Waals surface area contributed by atoms with Crippen LogP contribution in [0.1, 0.15) is 44.4 Å². The molecule has 0 amide bonds. The summed E-state index contributed by atoms with van der Waals surface area (Å²) < 4.78 is 242. The first-order valence-corrected chi connectivity index (χ1v) is 22.3. The van der Waals surface area contributed by atoms with Gasteiger partial charge in [0.25, 0.3) is 0 Å². The van der Waals surface area contributed by atoms with Crippen molar-refractivity contribution in [2.45, 2.75) is 7.43 Å². The molecule has 1 nitrogen and oxygen atoms in total. The van der Waals surface area contributed by atoms with Gasteiger partial charge in [-0.3, -0.25) is 0 Å². The zero-order valence-corrected chi connectivity index (χ0v) is 41.4. The van der Waals surface area contributed by atoms with Crippen LogP contribution >= 0.6 is 0 Å². The summed E-state index contributed by atoms with van der Waals surface area (Å²) in [7, 11) is 0. The zero-order valence-electron chi connectivity index (χ0n) is 65.3. The molecule has 14 aromatic carbocycles. The molecule has 0 bridgehead atoms. The Balaban J connectivity index is 0.000000204. The second kappa shape index (κ2) is 20.4. The average Bonchev–Trinajstić information content (AvgIpc) is 1.36. The smallest absolute Gasteiger partial charge is 1.00 e. The van der Waals surface area contributed by atoms with E-state index in [9.17, 15) is 6.85 Å². The summed E-state index contributed by atoms with van der Waals surface area (Å²) in [6.07, 6.45) is 0. The molecule has 0 saturated heterocycles. The second-order valence-corrected chi connectivity index (χ2v) is 16.5. The van der Waals surface area contributed by atoms with E-state index in [0.29, 0.717) is 5.56 Å². The summed E-state index contributed by atoms with van der Waals surface area (Å²) in [5.74, 6) is 0. The monoisotopic (exact) mass is 994 g/mol. The zero-order chi connectivity index (χ0) is 70.3. The minimum absolute atomic E-state index is 0. The first kappa shape index (κ1) is 26.6. The van der Waals surface area contributed by atoms with E-state index in [2.05, 4.69) is 30.3 Å². The van der Waals surface area contributed by atoms with Gasteiger partial charge >= 0.3 is 51.4 Å². The second-order valence-electron chi connectivity index (χ2n) is 16.5. The normalized spacial score (nSPS) is 16.3. The number of hydrogen-bond acceptors (Lipinski definition) is 1. The van der Waals surface area contributed by atoms with Crippen molar-refractivity contribution in [2.24, 2.45) is 0 Å². The van der Waals surface area contributed by atoms with Gasteiger partial charge in [0.05, 0.1) is 37.0 Å². The Bertz CT molecular complexity index is 6060. The number of hydrogen-bond donors (Lipinski definition) is 0. The molecule has 0 aliphatic carbocycles. The van der Waals surface area contributed by atoms with Crippen LogP contribution in [-0.2, 0) is 0 Å². The molecule has 15 rings (SSSR count). The molecule has 0 aliphatic rings. The first-order valence-electron chi connectivity index (χ1n) is 35.8. The van der Waals surface area contributed by atoms with Crippen molar-refractivity contribution in [3.8, 4) is 44.5 Å². The van der Waals surface area contributed by atoms with E-state index in [0.717, 1.165) is 65.4 Å². The Labute approximate surface area is 513 Å². The Kier molecular flexibility index (Phi) is 7.31. The SMILES string of the molecule is C.[2H]c1c([2H])c([2H])c(-c2c3ccccc3c(-c3cccc4oc5c6ccccc6ccc5c34)c3ccccc23)c([2H])c1[2H].[2H]c1c([2H])c([2H])c2c([2H])c(-c3c4c([2H])c([2H])c([2H])c([2H])c4c(-c4c([2H])c([2H])c([2H])c5c([2H])c([2H])c([2H])c([2H])c45)c4c([2H])c([2H])c([2H])c([2H])c34)c([2H])c([2H])c2c1[2H].[B-].[K+]. The molecule has 342 valence electrons. The molecule has 0 saturated carbocycles. The maximum Gasteiger partial charge on any atom is 1.00 e. The van der Waals surface area contributed by atoms with Gasteiger partial charge in [-0.25, -0.2) is 0 Å². The topological polar surface area (TPSA) is 13.1 Å². The van der Waals surface area contributed by atoms with Crippen LogP contribution in [-0.4, -0.2) is 8.41 Å². The fraction of sp³-hybridized carbons (Fsp3) is 0.0141. The number of fused-ring (bicyclic) bond motifs is 11. The van der Waals surface area contributed by atoms with Gasteiger partial charge in [0.15, 0.2) is 0 Å². The third kappa shape index (κ3) is 8.04. The van der Waals surface area contributed by atoms with Gasteiger partial charge < -0.3 is 12.8 Å². The van der Waals surface area contributed by atoms with Crippen LogP contribution < -0.4 is 51.4 Å². The summed E-state index contributed by atoms with van der Waals surface area (Å²) in [5.41, 5.74) is 1.92. The molecule has 1 aromatic heterocycles. The fourth-order valence-electron chi connectivity index (χ4n) is 9.86. The predicted molar refractivity (Wildman–Crippen MR) is 317 cm³/mol. The molecule has 0 fully saturated rings. The van der Waals surface area contributed by atoms with Crippen LogP contribution in [0.5, 0.6) is 0 Å². The van der Waals surface area contributed by atoms with Crippen LogP contribution in [0.4, 0.5) is 0 Å². The van der Waals surface area contributed by atoms with Gasteiger partial charge in [0.1, 0.15) is 11.2 Å². The van der Waals surface area contributed by atoms with Gasteiger partial charge in [-0.2, -0.15) is 0 Å². The number of furan rings is 1. The molecule has 0 aliphatic heterocycles. The van der Waals surface area contributed by atoms with Crippen LogP contribution in [0.3, 0.4) is 0 Å². The number of rotatable bonds is 4. The van der Waals surface area contributed by atoms with E-state index in [1.54, 1.807) is 0 Å². The van der Waals surface area contributed by atoms with E-state index < -0.39 is 204 Å². The minimum Gasteiger partial charge on any atom is -1.00 e. The molecule has 15 aromatic rings. The molecular formula is C71H48BKO. The maximum absolute atomic E-state index is 9.32. The standard InChI is InChI=1S/C36H22O.C34H22.CH4.B.K/c1-2-12-24(13-3-1)33-26-15-6-8-17-28(26)34(29-18-9-7-16-27(29)33)30-19-10-20-32-35(30)31-22-21-23-11-4-5-14-25(23)36(31)37-32;1-2-12-25-22-26(21-20-23(25)10-1)33-29-15-5-7-17-31(29)34(32-18-8-6-16-30(32)33)28-19-9-13-24-11-3-4-14-27(24)28;;;/h1-22H;1-22H;1H4;;/q;;;-1;+1/i1D,2D,3D,12D,13D;1D,2D,3D,4D,5D,6D,7D,8D,9D,10D,11D,12D,13D,14D,15D,16D,17D,18D,19D,20D,21D,22D;;;. The Hall–Kier alpha value is -7.60. The molecule has 3 heteroatoms. The van der Waals surface area contributed by atoms with Crippen molar-refractivity contribution < 1.29 is 92.8 Å². The Morgan fingerprint density at radius 3 is 1.46 bits per heavy atom. The fourth-order valence-corrected chi connectivity index (χ4v) is 9.86. The van der Waals surface area contributed by atoms with Gasteiger partial charge in [0.2, 0.25) is 0 Å². The molecule has 0 unspecified atom stereocenters. The van der Waals surface area contributed by atoms with Crippen molar-refractivity contribution in [2.75, 3.05) is 0 Å². The van der Waals surface area contributed by atoms with Gasteiger partial charge in [-0.1, -0.05) is 256 Å². The van der Waals surface area contributed by atoms with E-state index in [-0.39, 0.29) is 97.0 Å². The third-order valence-corrected chi connectivity index (χ3v) is 12.8. The van der Waals surface area contributed by atoms with Crippen LogP contribution in [0.2, 0.25) is 0 Å². The molecule has 0 spiro atoms. The van der Waals surface area contributed by atoms with E-state index in [4.69, 9.17) is 34.6 Å². The Morgan fingerprint density at radius 2 is 0.797 bits per heavy atom. The molecule has 4 radical (unpaired) electrons. The van der Waals surface area contributed by atoms with Gasteiger partial charge in [-0.15, -0.1) is 0 Å². The van der Waals surface area contributed by atoms with Crippen molar-refractivity contribution in [3.05, 3.63) is 266 Å². The summed E-state index contributed by atoms with van der Waals surface area (Å²) >= 11 is 0. The average molecular weight is 994 g/mol. The summed E-state index contributed by atoms with van der Waals surface area (Å²) in [6.45, 7) is 0. The maximum atomic E-state index is 9.32. The molecule has 1 heterocycles. The summed E-state index contributed by atoms with van der Waals surface area (Å²) in [4.78, 5) is 0. The van der Waals surface area contributed by atoms with Crippen LogP contribution in [0, 0.1) is 0 Å². The van der Waals surface area contributed by atoms with E-state index in [1.165, 1.54) is 0 Å². The minimum atomic E-state index is -0.915. The van der Waals surface area contributed by atoms with E-state index >= 15 is 0 Å². The van der Waals surface area contributed by atoms with Crippen molar-refractivity contribution in [1.82, 2.24) is 0 Å². The molecule has 0 atom stereocenters. The number of benzene rings is 14. The third-order valence-electron chi connectivity index (χ3n) is 12.8. The van der Waals surface area contributed by atoms with E-state index in [1.807, 2.05) is 72.8 Å². The predicted octanol–water partition coefficient (Wildman–Crippen LogP) is 17.3. The quantitative estimate of drug-likeness (QED) is 0.126. The van der Waals surface area contributed by atoms with Gasteiger partial charge in [0, 0.05) is 16.2 Å². The van der Waals surface area contributed by atoms with Crippen LogP contribution in [0.25, 0.3) is 142 Å². The molecular weight excluding hydrogens is 919 g/mol. The molecule has 74 heavy (non-hydrogen) atoms. The first-order chi connectivity index (χ1) is 46.5. The van der Waals surface area contributed by atoms with Gasteiger partial charge in [-0.05, 0) is 133 Å². The largest absolute Gasteiger partial charge is 1.00 e.